The molecule has 20 heavy (non-hydrogen) atoms. The van der Waals surface area contributed by atoms with E-state index in [1.165, 1.54) is 0 Å². The molecule has 1 aliphatic heterocycles. The number of hydrogen-bond donors (Lipinski definition) is 0. The van der Waals surface area contributed by atoms with Gasteiger partial charge in [-0.25, -0.2) is 4.98 Å². The van der Waals surface area contributed by atoms with Crippen molar-refractivity contribution < 1.29 is 9.31 Å². The first-order valence-electron chi connectivity index (χ1n) is 6.71. The van der Waals surface area contributed by atoms with E-state index in [0.717, 1.165) is 16.4 Å². The van der Waals surface area contributed by atoms with Gasteiger partial charge in [-0.15, -0.1) is 0 Å². The number of nitrogens with zero attached hydrogens (tertiary/aromatic N) is 1. The highest BCUT2D eigenvalue weighted by molar-refractivity contribution is 6.65. The number of rotatable bonds is 1. The Labute approximate surface area is 124 Å². The Morgan fingerprint density at radius 3 is 2.30 bits per heavy atom. The monoisotopic (exact) mass is 289 g/mol. The maximum Gasteiger partial charge on any atom is 0.497 e. The van der Waals surface area contributed by atoms with Gasteiger partial charge in [0.15, 0.2) is 0 Å². The molecule has 2 aromatic rings. The number of pyridine rings is 1. The van der Waals surface area contributed by atoms with Crippen LogP contribution in [0.3, 0.4) is 0 Å². The van der Waals surface area contributed by atoms with Crippen molar-refractivity contribution in [2.24, 2.45) is 0 Å². The number of hydrogen-bond acceptors (Lipinski definition) is 3. The fourth-order valence-electron chi connectivity index (χ4n) is 2.31. The van der Waals surface area contributed by atoms with Gasteiger partial charge in [-0.1, -0.05) is 29.8 Å². The highest BCUT2D eigenvalue weighted by Crippen LogP contribution is 2.36. The number of halogens is 1. The van der Waals surface area contributed by atoms with Crippen molar-refractivity contribution >= 4 is 35.1 Å². The van der Waals surface area contributed by atoms with E-state index in [1.807, 2.05) is 52.0 Å². The maximum absolute atomic E-state index is 6.09. The molecule has 0 saturated carbocycles. The van der Waals surface area contributed by atoms with Crippen molar-refractivity contribution in [2.45, 2.75) is 38.9 Å². The van der Waals surface area contributed by atoms with Gasteiger partial charge in [0.1, 0.15) is 5.15 Å². The summed E-state index contributed by atoms with van der Waals surface area (Å²) in [5.74, 6) is 0. The lowest BCUT2D eigenvalue weighted by Gasteiger charge is -2.32. The highest BCUT2D eigenvalue weighted by Gasteiger charge is 2.52. The second-order valence-corrected chi connectivity index (χ2v) is 6.53. The third-order valence-corrected chi connectivity index (χ3v) is 4.44. The molecular formula is C15H17BClNO2. The lowest BCUT2D eigenvalue weighted by Crippen LogP contribution is -2.41. The van der Waals surface area contributed by atoms with E-state index in [1.54, 1.807) is 6.07 Å². The lowest BCUT2D eigenvalue weighted by molar-refractivity contribution is 0.00578. The molecule has 0 unspecified atom stereocenters. The van der Waals surface area contributed by atoms with Crippen molar-refractivity contribution in [1.82, 2.24) is 4.98 Å². The molecule has 3 rings (SSSR count). The van der Waals surface area contributed by atoms with E-state index in [-0.39, 0.29) is 11.2 Å². The van der Waals surface area contributed by atoms with E-state index >= 15 is 0 Å². The molecule has 0 atom stereocenters. The van der Waals surface area contributed by atoms with E-state index < -0.39 is 7.12 Å². The largest absolute Gasteiger partial charge is 0.497 e. The number of aromatic nitrogens is 1. The lowest BCUT2D eigenvalue weighted by atomic mass is 9.77. The Kier molecular flexibility index (Phi) is 3.09. The minimum Gasteiger partial charge on any atom is -0.399 e. The average Bonchev–Trinajstić information content (AvgIpc) is 2.57. The van der Waals surface area contributed by atoms with Gasteiger partial charge in [0.25, 0.3) is 0 Å². The summed E-state index contributed by atoms with van der Waals surface area (Å²) in [4.78, 5) is 4.42. The van der Waals surface area contributed by atoms with Gasteiger partial charge in [0.2, 0.25) is 0 Å². The Hall–Kier alpha value is -1.10. The Balaban J connectivity index is 2.10. The third kappa shape index (κ3) is 2.12. The van der Waals surface area contributed by atoms with Gasteiger partial charge < -0.3 is 9.31 Å². The molecule has 104 valence electrons. The molecular weight excluding hydrogens is 272 g/mol. The minimum absolute atomic E-state index is 0.363. The van der Waals surface area contributed by atoms with Crippen molar-refractivity contribution in [3.8, 4) is 0 Å². The number of benzene rings is 1. The zero-order chi connectivity index (χ0) is 14.5. The fourth-order valence-corrected chi connectivity index (χ4v) is 2.45. The van der Waals surface area contributed by atoms with E-state index in [0.29, 0.717) is 5.15 Å². The Morgan fingerprint density at radius 1 is 1.00 bits per heavy atom. The maximum atomic E-state index is 6.09. The van der Waals surface area contributed by atoms with Gasteiger partial charge >= 0.3 is 7.12 Å². The molecule has 0 spiro atoms. The van der Waals surface area contributed by atoms with Crippen LogP contribution in [0.5, 0.6) is 0 Å². The second-order valence-electron chi connectivity index (χ2n) is 6.14. The molecule has 1 fully saturated rings. The Bertz CT molecular complexity index is 656. The predicted molar refractivity (Wildman–Crippen MR) is 82.5 cm³/mol. The molecule has 0 amide bonds. The summed E-state index contributed by atoms with van der Waals surface area (Å²) in [5.41, 5.74) is 1.03. The molecule has 0 radical (unpaired) electrons. The summed E-state index contributed by atoms with van der Waals surface area (Å²) in [5, 5.41) is 1.50. The number of para-hydroxylation sites is 1. The molecule has 1 saturated heterocycles. The summed E-state index contributed by atoms with van der Waals surface area (Å²) in [6, 6.07) is 9.72. The van der Waals surface area contributed by atoms with E-state index in [4.69, 9.17) is 20.9 Å². The molecule has 3 nitrogen and oxygen atoms in total. The zero-order valence-corrected chi connectivity index (χ0v) is 12.9. The SMILES string of the molecule is CC1(C)OB(c2cccc3ccc(Cl)nc23)OC1(C)C. The van der Waals surface area contributed by atoms with Gasteiger partial charge in [-0.2, -0.15) is 0 Å². The van der Waals surface area contributed by atoms with Crippen molar-refractivity contribution in [1.29, 1.82) is 0 Å². The first kappa shape index (κ1) is 13.9. The van der Waals surface area contributed by atoms with Crippen LogP contribution in [0.2, 0.25) is 5.15 Å². The molecule has 1 aromatic carbocycles. The normalized spacial score (nSPS) is 20.6. The van der Waals surface area contributed by atoms with Crippen LogP contribution in [0.25, 0.3) is 10.9 Å². The predicted octanol–water partition coefficient (Wildman–Crippen LogP) is 3.19. The first-order valence-corrected chi connectivity index (χ1v) is 7.09. The standard InChI is InChI=1S/C15H17BClNO2/c1-14(2)15(3,4)20-16(19-14)11-7-5-6-10-8-9-12(17)18-13(10)11/h5-9H,1-4H3. The van der Waals surface area contributed by atoms with Gasteiger partial charge in [-0.3, -0.25) is 0 Å². The van der Waals surface area contributed by atoms with Crippen LogP contribution >= 0.6 is 11.6 Å². The topological polar surface area (TPSA) is 31.4 Å². The van der Waals surface area contributed by atoms with Crippen LogP contribution in [-0.2, 0) is 9.31 Å². The summed E-state index contributed by atoms with van der Waals surface area (Å²) in [6.07, 6.45) is 0. The summed E-state index contributed by atoms with van der Waals surface area (Å²) >= 11 is 6.02. The molecule has 5 heteroatoms. The highest BCUT2D eigenvalue weighted by atomic mass is 35.5. The second kappa shape index (κ2) is 4.45. The van der Waals surface area contributed by atoms with E-state index in [9.17, 15) is 0 Å². The molecule has 2 heterocycles. The summed E-state index contributed by atoms with van der Waals surface area (Å²) < 4.78 is 12.2. The molecule has 0 N–H and O–H groups in total. The summed E-state index contributed by atoms with van der Waals surface area (Å²) in [6.45, 7) is 8.16. The van der Waals surface area contributed by atoms with Crippen LogP contribution in [0.1, 0.15) is 27.7 Å². The van der Waals surface area contributed by atoms with Crippen molar-refractivity contribution in [3.63, 3.8) is 0 Å². The van der Waals surface area contributed by atoms with Gasteiger partial charge in [0, 0.05) is 5.46 Å². The quantitative estimate of drug-likeness (QED) is 0.597. The summed E-state index contributed by atoms with van der Waals surface area (Å²) in [7, 11) is -0.422. The van der Waals surface area contributed by atoms with E-state index in [2.05, 4.69) is 4.98 Å². The fraction of sp³-hybridized carbons (Fsp3) is 0.400. The van der Waals surface area contributed by atoms with Crippen LogP contribution in [-0.4, -0.2) is 23.3 Å². The van der Waals surface area contributed by atoms with Crippen molar-refractivity contribution in [2.75, 3.05) is 0 Å². The zero-order valence-electron chi connectivity index (χ0n) is 12.1. The molecule has 0 aliphatic carbocycles. The Morgan fingerprint density at radius 2 is 1.65 bits per heavy atom. The third-order valence-electron chi connectivity index (χ3n) is 4.22. The number of fused-ring (bicyclic) bond motifs is 1. The van der Waals surface area contributed by atoms with Crippen LogP contribution in [0.4, 0.5) is 0 Å². The van der Waals surface area contributed by atoms with Crippen LogP contribution in [0, 0.1) is 0 Å². The van der Waals surface area contributed by atoms with Crippen LogP contribution in [0.15, 0.2) is 30.3 Å². The van der Waals surface area contributed by atoms with Crippen LogP contribution < -0.4 is 5.46 Å². The van der Waals surface area contributed by atoms with Gasteiger partial charge in [0.05, 0.1) is 16.7 Å². The smallest absolute Gasteiger partial charge is 0.399 e. The minimum atomic E-state index is -0.422. The average molecular weight is 290 g/mol. The first-order chi connectivity index (χ1) is 9.30. The molecule has 0 bridgehead atoms. The molecule has 1 aliphatic rings. The molecule has 1 aromatic heterocycles. The van der Waals surface area contributed by atoms with Crippen molar-refractivity contribution in [3.05, 3.63) is 35.5 Å². The van der Waals surface area contributed by atoms with Gasteiger partial charge in [-0.05, 0) is 45.2 Å².